The predicted molar refractivity (Wildman–Crippen MR) is 121 cm³/mol. The Labute approximate surface area is 167 Å². The van der Waals surface area contributed by atoms with Gasteiger partial charge in [-0.25, -0.2) is 4.57 Å². The molecule has 0 unspecified atom stereocenters. The monoisotopic (exact) mass is 380 g/mol. The van der Waals surface area contributed by atoms with E-state index >= 15 is 0 Å². The first-order valence-corrected chi connectivity index (χ1v) is 14.1. The number of benzene rings is 1. The summed E-state index contributed by atoms with van der Waals surface area (Å²) in [5.41, 5.74) is 7.41. The van der Waals surface area contributed by atoms with E-state index in [1.54, 1.807) is 10.8 Å². The maximum absolute atomic E-state index is 2.54. The fraction of sp³-hybridized carbons (Fsp3) is 0.560. The molecule has 3 rings (SSSR count). The number of hydrogen-bond donors (Lipinski definition) is 0. The lowest BCUT2D eigenvalue weighted by atomic mass is 9.85. The number of aryl methyl sites for hydroxylation is 2. The molecule has 1 nitrogen and oxygen atoms in total. The van der Waals surface area contributed by atoms with Gasteiger partial charge < -0.3 is 0 Å². The van der Waals surface area contributed by atoms with E-state index in [2.05, 4.69) is 89.4 Å². The van der Waals surface area contributed by atoms with Crippen molar-refractivity contribution in [2.75, 3.05) is 0 Å². The smallest absolute Gasteiger partial charge is 0.201 e. The number of nitrogens with zero attached hydrogens (tertiary/aromatic N) is 1. The van der Waals surface area contributed by atoms with Crippen LogP contribution in [0.25, 0.3) is 11.3 Å². The first kappa shape index (κ1) is 20.3. The quantitative estimate of drug-likeness (QED) is 0.455. The first-order valence-electron chi connectivity index (χ1n) is 10.6. The summed E-state index contributed by atoms with van der Waals surface area (Å²) >= 11 is 0. The molecule has 0 N–H and O–H groups in total. The Morgan fingerprint density at radius 3 is 2.15 bits per heavy atom. The summed E-state index contributed by atoms with van der Waals surface area (Å²) in [4.78, 5) is 0. The first-order chi connectivity index (χ1) is 12.5. The van der Waals surface area contributed by atoms with Crippen molar-refractivity contribution in [2.45, 2.75) is 84.4 Å². The van der Waals surface area contributed by atoms with Gasteiger partial charge in [-0.2, -0.15) is 0 Å². The Morgan fingerprint density at radius 1 is 1.00 bits per heavy atom. The lowest BCUT2D eigenvalue weighted by molar-refractivity contribution is -0.659. The molecule has 27 heavy (non-hydrogen) atoms. The molecular weight excluding hydrogens is 342 g/mol. The SMILES string of the molecule is Cc1cc(C(C)(C)C)ccc1-c1cc(C2CCCC2)c([Si](C)(C)C)c[n+]1C. The second-order valence-corrected chi connectivity index (χ2v) is 15.7. The average molecular weight is 381 g/mol. The molecule has 0 saturated heterocycles. The molecule has 1 saturated carbocycles. The molecule has 0 spiro atoms. The van der Waals surface area contributed by atoms with E-state index < -0.39 is 8.07 Å². The van der Waals surface area contributed by atoms with Crippen molar-refractivity contribution in [2.24, 2.45) is 7.05 Å². The van der Waals surface area contributed by atoms with Crippen LogP contribution in [0.5, 0.6) is 0 Å². The lowest BCUT2D eigenvalue weighted by Crippen LogP contribution is -2.47. The van der Waals surface area contributed by atoms with Crippen molar-refractivity contribution >= 4 is 13.3 Å². The van der Waals surface area contributed by atoms with Crippen LogP contribution in [-0.2, 0) is 12.5 Å². The molecule has 0 aliphatic heterocycles. The van der Waals surface area contributed by atoms with Crippen molar-refractivity contribution in [1.29, 1.82) is 0 Å². The number of rotatable bonds is 3. The topological polar surface area (TPSA) is 3.88 Å². The minimum atomic E-state index is -1.37. The van der Waals surface area contributed by atoms with Gasteiger partial charge in [0.1, 0.15) is 7.05 Å². The van der Waals surface area contributed by atoms with Crippen molar-refractivity contribution in [3.8, 4) is 11.3 Å². The lowest BCUT2D eigenvalue weighted by Gasteiger charge is -2.24. The van der Waals surface area contributed by atoms with Gasteiger partial charge >= 0.3 is 0 Å². The molecule has 1 fully saturated rings. The summed E-state index contributed by atoms with van der Waals surface area (Å²) in [5.74, 6) is 0.765. The largest absolute Gasteiger partial charge is 0.212 e. The third-order valence-electron chi connectivity index (χ3n) is 6.28. The maximum atomic E-state index is 2.54. The van der Waals surface area contributed by atoms with E-state index in [1.807, 2.05) is 0 Å². The number of hydrogen-bond acceptors (Lipinski definition) is 0. The van der Waals surface area contributed by atoms with Gasteiger partial charge in [0, 0.05) is 16.8 Å². The highest BCUT2D eigenvalue weighted by molar-refractivity contribution is 6.89. The third-order valence-corrected chi connectivity index (χ3v) is 8.31. The Hall–Kier alpha value is -1.41. The molecule has 2 aromatic rings. The van der Waals surface area contributed by atoms with Crippen LogP contribution in [0, 0.1) is 6.92 Å². The minimum absolute atomic E-state index is 0.197. The molecule has 1 aromatic heterocycles. The molecule has 1 aromatic carbocycles. The molecule has 1 aliphatic rings. The van der Waals surface area contributed by atoms with E-state index in [0.717, 1.165) is 5.92 Å². The molecule has 1 heterocycles. The second kappa shape index (κ2) is 7.20. The van der Waals surface area contributed by atoms with Crippen LogP contribution in [0.4, 0.5) is 0 Å². The number of pyridine rings is 1. The van der Waals surface area contributed by atoms with Gasteiger partial charge in [-0.15, -0.1) is 0 Å². The highest BCUT2D eigenvalue weighted by atomic mass is 28.3. The van der Waals surface area contributed by atoms with Crippen LogP contribution in [0.1, 0.15) is 69.1 Å². The minimum Gasteiger partial charge on any atom is -0.201 e. The van der Waals surface area contributed by atoms with Crippen LogP contribution >= 0.6 is 0 Å². The van der Waals surface area contributed by atoms with Crippen molar-refractivity contribution < 1.29 is 4.57 Å². The summed E-state index contributed by atoms with van der Waals surface area (Å²) in [7, 11) is 0.862. The van der Waals surface area contributed by atoms with Crippen molar-refractivity contribution in [3.05, 3.63) is 47.2 Å². The zero-order chi connectivity index (χ0) is 20.0. The summed E-state index contributed by atoms with van der Waals surface area (Å²) in [6.07, 6.45) is 7.99. The van der Waals surface area contributed by atoms with Crippen LogP contribution in [0.15, 0.2) is 30.5 Å². The Bertz CT molecular complexity index is 831. The van der Waals surface area contributed by atoms with Gasteiger partial charge in [-0.05, 0) is 53.9 Å². The zero-order valence-electron chi connectivity index (χ0n) is 18.7. The van der Waals surface area contributed by atoms with Crippen LogP contribution in [-0.4, -0.2) is 8.07 Å². The molecule has 0 amide bonds. The van der Waals surface area contributed by atoms with E-state index in [9.17, 15) is 0 Å². The molecule has 0 atom stereocenters. The molecular formula is C25H38NSi+. The van der Waals surface area contributed by atoms with Crippen LogP contribution in [0.3, 0.4) is 0 Å². The van der Waals surface area contributed by atoms with E-state index in [0.29, 0.717) is 0 Å². The Kier molecular flexibility index (Phi) is 5.42. The Balaban J connectivity index is 2.15. The van der Waals surface area contributed by atoms with Gasteiger partial charge in [0.05, 0.1) is 8.07 Å². The van der Waals surface area contributed by atoms with Crippen molar-refractivity contribution in [1.82, 2.24) is 0 Å². The summed E-state index contributed by atoms with van der Waals surface area (Å²) in [6, 6.07) is 9.60. The van der Waals surface area contributed by atoms with E-state index in [1.165, 1.54) is 48.1 Å². The molecule has 0 radical (unpaired) electrons. The van der Waals surface area contributed by atoms with Crippen LogP contribution < -0.4 is 9.75 Å². The fourth-order valence-electron chi connectivity index (χ4n) is 4.55. The van der Waals surface area contributed by atoms with Crippen LogP contribution in [0.2, 0.25) is 19.6 Å². The van der Waals surface area contributed by atoms with Crippen molar-refractivity contribution in [3.63, 3.8) is 0 Å². The van der Waals surface area contributed by atoms with E-state index in [4.69, 9.17) is 0 Å². The summed E-state index contributed by atoms with van der Waals surface area (Å²) in [5, 5.41) is 1.66. The standard InChI is InChI=1S/C25H38NSi/c1-18-15-20(25(2,3)4)13-14-21(18)23-16-22(19-11-9-10-12-19)24(17-26(23)5)27(6,7)8/h13-17,19H,9-12H2,1-8H3/q+1. The zero-order valence-corrected chi connectivity index (χ0v) is 19.7. The second-order valence-electron chi connectivity index (χ2n) is 10.6. The summed E-state index contributed by atoms with van der Waals surface area (Å²) in [6.45, 7) is 16.6. The van der Waals surface area contributed by atoms with Gasteiger partial charge in [0.15, 0.2) is 6.20 Å². The van der Waals surface area contributed by atoms with Gasteiger partial charge in [-0.3, -0.25) is 0 Å². The van der Waals surface area contributed by atoms with Gasteiger partial charge in [-0.1, -0.05) is 65.4 Å². The number of aromatic nitrogens is 1. The average Bonchev–Trinajstić information content (AvgIpc) is 3.07. The Morgan fingerprint density at radius 2 is 1.63 bits per heavy atom. The maximum Gasteiger partial charge on any atom is 0.212 e. The normalized spacial score (nSPS) is 16.1. The third kappa shape index (κ3) is 4.21. The fourth-order valence-corrected chi connectivity index (χ4v) is 6.27. The van der Waals surface area contributed by atoms with E-state index in [-0.39, 0.29) is 5.41 Å². The van der Waals surface area contributed by atoms with Gasteiger partial charge in [0.2, 0.25) is 5.69 Å². The molecule has 0 bridgehead atoms. The molecule has 2 heteroatoms. The highest BCUT2D eigenvalue weighted by Gasteiger charge is 2.31. The summed E-state index contributed by atoms with van der Waals surface area (Å²) < 4.78 is 2.38. The van der Waals surface area contributed by atoms with Gasteiger partial charge in [0.25, 0.3) is 0 Å². The molecule has 146 valence electrons. The highest BCUT2D eigenvalue weighted by Crippen LogP contribution is 2.36. The molecule has 1 aliphatic carbocycles. The predicted octanol–water partition coefficient (Wildman–Crippen LogP) is 5.99.